The number of anilines is 3. The van der Waals surface area contributed by atoms with Gasteiger partial charge in [-0.3, -0.25) is 0 Å². The maximum Gasteiger partial charge on any atom is 0.136 e. The Bertz CT molecular complexity index is 3150. The first-order chi connectivity index (χ1) is 25.7. The molecule has 3 nitrogen and oxygen atoms in total. The molecule has 0 aliphatic heterocycles. The van der Waals surface area contributed by atoms with E-state index in [9.17, 15) is 0 Å². The van der Waals surface area contributed by atoms with Crippen molar-refractivity contribution >= 4 is 92.4 Å². The van der Waals surface area contributed by atoms with Gasteiger partial charge in [-0.2, -0.15) is 0 Å². The molecule has 0 amide bonds. The third-order valence-electron chi connectivity index (χ3n) is 10.3. The molecule has 3 heterocycles. The molecule has 11 rings (SSSR count). The summed E-state index contributed by atoms with van der Waals surface area (Å²) in [7, 11) is 0. The van der Waals surface area contributed by atoms with Gasteiger partial charge in [0.05, 0.1) is 0 Å². The van der Waals surface area contributed by atoms with Gasteiger partial charge in [-0.1, -0.05) is 103 Å². The van der Waals surface area contributed by atoms with Crippen LogP contribution in [0.15, 0.2) is 185 Å². The molecule has 3 aromatic heterocycles. The van der Waals surface area contributed by atoms with Crippen LogP contribution >= 0.6 is 11.3 Å². The number of furan rings is 2. The highest BCUT2D eigenvalue weighted by Gasteiger charge is 2.18. The Morgan fingerprint density at radius 2 is 0.962 bits per heavy atom. The molecule has 8 aromatic carbocycles. The van der Waals surface area contributed by atoms with Crippen LogP contribution in [0.5, 0.6) is 0 Å². The van der Waals surface area contributed by atoms with Gasteiger partial charge in [-0.15, -0.1) is 11.3 Å². The van der Waals surface area contributed by atoms with E-state index < -0.39 is 0 Å². The minimum absolute atomic E-state index is 0.901. The molecule has 0 unspecified atom stereocenters. The van der Waals surface area contributed by atoms with Crippen LogP contribution in [-0.4, -0.2) is 0 Å². The van der Waals surface area contributed by atoms with Crippen molar-refractivity contribution in [1.82, 2.24) is 0 Å². The lowest BCUT2D eigenvalue weighted by atomic mass is 9.99. The molecule has 0 radical (unpaired) electrons. The third kappa shape index (κ3) is 4.58. The highest BCUT2D eigenvalue weighted by molar-refractivity contribution is 7.25. The first kappa shape index (κ1) is 29.1. The first-order valence-electron chi connectivity index (χ1n) is 17.5. The van der Waals surface area contributed by atoms with Gasteiger partial charge in [0.1, 0.15) is 22.3 Å². The molecule has 0 aliphatic carbocycles. The van der Waals surface area contributed by atoms with E-state index in [2.05, 4.69) is 157 Å². The molecular weight excluding hydrogens is 655 g/mol. The van der Waals surface area contributed by atoms with E-state index in [0.29, 0.717) is 0 Å². The zero-order valence-corrected chi connectivity index (χ0v) is 28.7. The Balaban J connectivity index is 1.06. The van der Waals surface area contributed by atoms with Crippen molar-refractivity contribution in [2.75, 3.05) is 4.90 Å². The second-order valence-electron chi connectivity index (χ2n) is 13.3. The molecule has 0 aliphatic rings. The Morgan fingerprint density at radius 1 is 0.346 bits per heavy atom. The third-order valence-corrected chi connectivity index (χ3v) is 11.4. The zero-order valence-electron chi connectivity index (χ0n) is 27.9. The van der Waals surface area contributed by atoms with E-state index in [1.165, 1.54) is 20.2 Å². The summed E-state index contributed by atoms with van der Waals surface area (Å²) < 4.78 is 14.9. The number of nitrogens with zero attached hydrogens (tertiary/aromatic N) is 1. The number of para-hydroxylation sites is 2. The molecule has 244 valence electrons. The molecule has 0 fully saturated rings. The Hall–Kier alpha value is -6.62. The summed E-state index contributed by atoms with van der Waals surface area (Å²) in [4.78, 5) is 2.37. The van der Waals surface area contributed by atoms with Crippen LogP contribution in [0.1, 0.15) is 0 Å². The summed E-state index contributed by atoms with van der Waals surface area (Å²) >= 11 is 1.84. The molecule has 11 aromatic rings. The normalized spacial score (nSPS) is 11.8. The summed E-state index contributed by atoms with van der Waals surface area (Å²) in [6.07, 6.45) is 0. The molecule has 52 heavy (non-hydrogen) atoms. The van der Waals surface area contributed by atoms with Crippen molar-refractivity contribution in [2.24, 2.45) is 0 Å². The van der Waals surface area contributed by atoms with Gasteiger partial charge in [0.2, 0.25) is 0 Å². The summed E-state index contributed by atoms with van der Waals surface area (Å²) in [6, 6.07) is 62.7. The van der Waals surface area contributed by atoms with Crippen molar-refractivity contribution < 1.29 is 8.83 Å². The van der Waals surface area contributed by atoms with Crippen LogP contribution in [0.2, 0.25) is 0 Å². The Kier molecular flexibility index (Phi) is 6.42. The van der Waals surface area contributed by atoms with Gasteiger partial charge < -0.3 is 13.7 Å². The van der Waals surface area contributed by atoms with Gasteiger partial charge >= 0.3 is 0 Å². The van der Waals surface area contributed by atoms with Gasteiger partial charge in [0.25, 0.3) is 0 Å². The standard InChI is InChI=1S/C48H29NO2S/c1-4-15-42-37(11-1)41-28-32(21-26-44(41)50-42)31-9-7-10-34(27-31)49(35-24-25-39-38-12-3-6-18-46(38)52-47(39)29-35)33-22-19-30(20-23-33)36-14-8-17-45-48(36)40-13-2-5-16-43(40)51-45/h1-29H. The maximum absolute atomic E-state index is 6.22. The van der Waals surface area contributed by atoms with E-state index in [1.807, 2.05) is 35.6 Å². The summed E-state index contributed by atoms with van der Waals surface area (Å²) in [5.74, 6) is 0. The van der Waals surface area contributed by atoms with Gasteiger partial charge in [0.15, 0.2) is 0 Å². The highest BCUT2D eigenvalue weighted by atomic mass is 32.1. The molecule has 0 bridgehead atoms. The van der Waals surface area contributed by atoms with Crippen molar-refractivity contribution in [3.05, 3.63) is 176 Å². The lowest BCUT2D eigenvalue weighted by molar-refractivity contribution is 0.668. The number of hydrogen-bond acceptors (Lipinski definition) is 4. The van der Waals surface area contributed by atoms with Crippen LogP contribution in [0, 0.1) is 0 Å². The number of hydrogen-bond donors (Lipinski definition) is 0. The minimum Gasteiger partial charge on any atom is -0.456 e. The smallest absolute Gasteiger partial charge is 0.136 e. The quantitative estimate of drug-likeness (QED) is 0.181. The van der Waals surface area contributed by atoms with E-state index in [-0.39, 0.29) is 0 Å². The molecule has 0 saturated carbocycles. The maximum atomic E-state index is 6.22. The van der Waals surface area contributed by atoms with Crippen LogP contribution in [-0.2, 0) is 0 Å². The minimum atomic E-state index is 0.901. The van der Waals surface area contributed by atoms with E-state index in [1.54, 1.807) is 0 Å². The number of benzene rings is 8. The largest absolute Gasteiger partial charge is 0.456 e. The molecule has 4 heteroatoms. The van der Waals surface area contributed by atoms with E-state index >= 15 is 0 Å². The topological polar surface area (TPSA) is 29.5 Å². The number of thiophene rings is 1. The summed E-state index contributed by atoms with van der Waals surface area (Å²) in [5.41, 5.74) is 11.5. The highest BCUT2D eigenvalue weighted by Crippen LogP contribution is 2.43. The average Bonchev–Trinajstić information content (AvgIpc) is 3.89. The monoisotopic (exact) mass is 683 g/mol. The number of rotatable bonds is 5. The first-order valence-corrected chi connectivity index (χ1v) is 18.3. The van der Waals surface area contributed by atoms with Crippen LogP contribution < -0.4 is 4.90 Å². The summed E-state index contributed by atoms with van der Waals surface area (Å²) in [6.45, 7) is 0. The lowest BCUT2D eigenvalue weighted by Crippen LogP contribution is -2.09. The van der Waals surface area contributed by atoms with Gasteiger partial charge in [0, 0.05) is 58.8 Å². The molecular formula is C48H29NO2S. The zero-order chi connectivity index (χ0) is 34.2. The fraction of sp³-hybridized carbons (Fsp3) is 0. The van der Waals surface area contributed by atoms with Crippen LogP contribution in [0.3, 0.4) is 0 Å². The van der Waals surface area contributed by atoms with Gasteiger partial charge in [-0.05, 0) is 95.1 Å². The second kappa shape index (κ2) is 11.5. The molecule has 0 saturated heterocycles. The van der Waals surface area contributed by atoms with Crippen molar-refractivity contribution in [2.45, 2.75) is 0 Å². The second-order valence-corrected chi connectivity index (χ2v) is 14.4. The molecule has 0 atom stereocenters. The predicted octanol–water partition coefficient (Wildman–Crippen LogP) is 14.7. The molecule has 0 N–H and O–H groups in total. The fourth-order valence-electron chi connectivity index (χ4n) is 7.84. The lowest BCUT2D eigenvalue weighted by Gasteiger charge is -2.26. The number of fused-ring (bicyclic) bond motifs is 9. The van der Waals surface area contributed by atoms with Crippen molar-refractivity contribution in [1.29, 1.82) is 0 Å². The average molecular weight is 684 g/mol. The fourth-order valence-corrected chi connectivity index (χ4v) is 8.98. The Morgan fingerprint density at radius 3 is 1.85 bits per heavy atom. The van der Waals surface area contributed by atoms with Crippen LogP contribution in [0.4, 0.5) is 17.1 Å². The van der Waals surface area contributed by atoms with Crippen molar-refractivity contribution in [3.63, 3.8) is 0 Å². The Labute approximate surface area is 303 Å². The van der Waals surface area contributed by atoms with E-state index in [0.717, 1.165) is 83.2 Å². The summed E-state index contributed by atoms with van der Waals surface area (Å²) in [5, 5.41) is 7.13. The van der Waals surface area contributed by atoms with E-state index in [4.69, 9.17) is 8.83 Å². The van der Waals surface area contributed by atoms with Crippen LogP contribution in [0.25, 0.3) is 86.3 Å². The van der Waals surface area contributed by atoms with Gasteiger partial charge in [-0.25, -0.2) is 0 Å². The van der Waals surface area contributed by atoms with Crippen molar-refractivity contribution in [3.8, 4) is 22.3 Å². The SMILES string of the molecule is c1cc(-c2ccc3oc4ccccc4c3c2)cc(N(c2ccc(-c3cccc4oc5ccccc5c34)cc2)c2ccc3c(c2)sc2ccccc23)c1. The molecule has 0 spiro atoms. The predicted molar refractivity (Wildman–Crippen MR) is 219 cm³/mol.